The SMILES string of the molecule is CC#CCN1C(=O)C(C2CCCCC2)NC(=O)C1C. The lowest BCUT2D eigenvalue weighted by atomic mass is 9.82. The summed E-state index contributed by atoms with van der Waals surface area (Å²) in [6, 6.07) is -0.740. The van der Waals surface area contributed by atoms with Gasteiger partial charge < -0.3 is 10.2 Å². The zero-order chi connectivity index (χ0) is 13.8. The van der Waals surface area contributed by atoms with E-state index in [1.165, 1.54) is 6.42 Å². The lowest BCUT2D eigenvalue weighted by molar-refractivity contribution is -0.149. The molecule has 1 aliphatic heterocycles. The highest BCUT2D eigenvalue weighted by molar-refractivity contribution is 5.97. The minimum atomic E-state index is -0.409. The Morgan fingerprint density at radius 3 is 2.58 bits per heavy atom. The Kier molecular flexibility index (Phi) is 4.47. The molecule has 2 amide bonds. The van der Waals surface area contributed by atoms with Gasteiger partial charge in [0, 0.05) is 0 Å². The quantitative estimate of drug-likeness (QED) is 0.763. The molecular formula is C15H22N2O2. The van der Waals surface area contributed by atoms with E-state index in [9.17, 15) is 9.59 Å². The average molecular weight is 262 g/mol. The summed E-state index contributed by atoms with van der Waals surface area (Å²) in [5.74, 6) is 5.98. The summed E-state index contributed by atoms with van der Waals surface area (Å²) in [5, 5.41) is 2.91. The zero-order valence-corrected chi connectivity index (χ0v) is 11.7. The molecule has 0 spiro atoms. The van der Waals surface area contributed by atoms with E-state index in [0.717, 1.165) is 25.7 Å². The molecule has 2 unspecified atom stereocenters. The van der Waals surface area contributed by atoms with Crippen molar-refractivity contribution >= 4 is 11.8 Å². The first kappa shape index (κ1) is 13.9. The van der Waals surface area contributed by atoms with E-state index in [2.05, 4.69) is 17.2 Å². The van der Waals surface area contributed by atoms with Crippen molar-refractivity contribution in [3.8, 4) is 11.8 Å². The van der Waals surface area contributed by atoms with Gasteiger partial charge in [0.1, 0.15) is 12.1 Å². The van der Waals surface area contributed by atoms with Crippen LogP contribution in [0, 0.1) is 17.8 Å². The van der Waals surface area contributed by atoms with Gasteiger partial charge in [0.15, 0.2) is 0 Å². The van der Waals surface area contributed by atoms with Crippen LogP contribution in [0.25, 0.3) is 0 Å². The van der Waals surface area contributed by atoms with Crippen molar-refractivity contribution in [1.82, 2.24) is 10.2 Å². The smallest absolute Gasteiger partial charge is 0.246 e. The third kappa shape index (κ3) is 2.91. The van der Waals surface area contributed by atoms with Gasteiger partial charge in [0.2, 0.25) is 11.8 Å². The van der Waals surface area contributed by atoms with E-state index in [1.54, 1.807) is 18.7 Å². The largest absolute Gasteiger partial charge is 0.342 e. The van der Waals surface area contributed by atoms with Crippen molar-refractivity contribution in [2.45, 2.75) is 58.0 Å². The van der Waals surface area contributed by atoms with Gasteiger partial charge in [-0.25, -0.2) is 0 Å². The molecule has 0 aromatic heterocycles. The van der Waals surface area contributed by atoms with E-state index in [1.807, 2.05) is 0 Å². The number of nitrogens with one attached hydrogen (secondary N) is 1. The standard InChI is InChI=1S/C15H22N2O2/c1-3-4-10-17-11(2)14(18)16-13(15(17)19)12-8-6-5-7-9-12/h11-13H,5-10H2,1-2H3,(H,16,18). The first-order valence-corrected chi connectivity index (χ1v) is 7.15. The van der Waals surface area contributed by atoms with E-state index in [4.69, 9.17) is 0 Å². The van der Waals surface area contributed by atoms with Crippen LogP contribution in [0.4, 0.5) is 0 Å². The number of piperazine rings is 1. The Balaban J connectivity index is 2.13. The van der Waals surface area contributed by atoms with Crippen LogP contribution in [0.15, 0.2) is 0 Å². The van der Waals surface area contributed by atoms with E-state index in [-0.39, 0.29) is 17.9 Å². The molecule has 2 aliphatic rings. The Hall–Kier alpha value is -1.50. The van der Waals surface area contributed by atoms with Gasteiger partial charge in [0.25, 0.3) is 0 Å². The van der Waals surface area contributed by atoms with E-state index < -0.39 is 6.04 Å². The summed E-state index contributed by atoms with van der Waals surface area (Å²) in [4.78, 5) is 26.2. The lowest BCUT2D eigenvalue weighted by Gasteiger charge is -2.40. The fourth-order valence-electron chi connectivity index (χ4n) is 3.01. The minimum absolute atomic E-state index is 0.0433. The second kappa shape index (κ2) is 6.10. The van der Waals surface area contributed by atoms with Gasteiger partial charge in [-0.05, 0) is 32.6 Å². The van der Waals surface area contributed by atoms with Crippen molar-refractivity contribution < 1.29 is 9.59 Å². The highest BCUT2D eigenvalue weighted by Gasteiger charge is 2.41. The highest BCUT2D eigenvalue weighted by Crippen LogP contribution is 2.29. The summed E-state index contributed by atoms with van der Waals surface area (Å²) in [5.41, 5.74) is 0. The van der Waals surface area contributed by atoms with Gasteiger partial charge in [-0.2, -0.15) is 0 Å². The fraction of sp³-hybridized carbons (Fsp3) is 0.733. The van der Waals surface area contributed by atoms with Crippen molar-refractivity contribution in [2.24, 2.45) is 5.92 Å². The maximum atomic E-state index is 12.5. The summed E-state index contributed by atoms with van der Waals surface area (Å²) >= 11 is 0. The number of rotatable bonds is 2. The molecule has 4 nitrogen and oxygen atoms in total. The number of nitrogens with zero attached hydrogens (tertiary/aromatic N) is 1. The number of amides is 2. The molecule has 0 radical (unpaired) electrons. The molecule has 0 aromatic rings. The predicted molar refractivity (Wildman–Crippen MR) is 73.1 cm³/mol. The molecular weight excluding hydrogens is 240 g/mol. The first-order chi connectivity index (χ1) is 9.15. The Morgan fingerprint density at radius 1 is 1.26 bits per heavy atom. The van der Waals surface area contributed by atoms with Crippen LogP contribution in [0.3, 0.4) is 0 Å². The Labute approximate surface area is 114 Å². The predicted octanol–water partition coefficient (Wildman–Crippen LogP) is 1.31. The van der Waals surface area contributed by atoms with Crippen LogP contribution < -0.4 is 5.32 Å². The molecule has 2 fully saturated rings. The third-order valence-corrected chi connectivity index (χ3v) is 4.24. The maximum Gasteiger partial charge on any atom is 0.246 e. The molecule has 1 heterocycles. The summed E-state index contributed by atoms with van der Waals surface area (Å²) in [6.45, 7) is 3.87. The van der Waals surface area contributed by atoms with Crippen LogP contribution in [0.5, 0.6) is 0 Å². The van der Waals surface area contributed by atoms with Gasteiger partial charge in [0.05, 0.1) is 6.54 Å². The third-order valence-electron chi connectivity index (χ3n) is 4.24. The van der Waals surface area contributed by atoms with Crippen molar-refractivity contribution in [1.29, 1.82) is 0 Å². The maximum absolute atomic E-state index is 12.5. The summed E-state index contributed by atoms with van der Waals surface area (Å²) in [6.07, 6.45) is 5.65. The number of carbonyl (C=O) groups is 2. The molecule has 1 aliphatic carbocycles. The molecule has 2 atom stereocenters. The fourth-order valence-corrected chi connectivity index (χ4v) is 3.01. The molecule has 1 saturated carbocycles. The van der Waals surface area contributed by atoms with Gasteiger partial charge in [-0.3, -0.25) is 9.59 Å². The van der Waals surface area contributed by atoms with Crippen LogP contribution >= 0.6 is 0 Å². The molecule has 4 heteroatoms. The van der Waals surface area contributed by atoms with Crippen LogP contribution in [-0.2, 0) is 9.59 Å². The van der Waals surface area contributed by atoms with E-state index in [0.29, 0.717) is 12.5 Å². The van der Waals surface area contributed by atoms with Gasteiger partial charge in [-0.1, -0.05) is 25.2 Å². The highest BCUT2D eigenvalue weighted by atomic mass is 16.2. The average Bonchev–Trinajstić information content (AvgIpc) is 2.44. The summed E-state index contributed by atoms with van der Waals surface area (Å²) < 4.78 is 0. The normalized spacial score (nSPS) is 28.6. The monoisotopic (exact) mass is 262 g/mol. The zero-order valence-electron chi connectivity index (χ0n) is 11.7. The Morgan fingerprint density at radius 2 is 1.95 bits per heavy atom. The number of hydrogen-bond donors (Lipinski definition) is 1. The van der Waals surface area contributed by atoms with Crippen LogP contribution in [0.2, 0.25) is 0 Å². The van der Waals surface area contributed by atoms with Crippen molar-refractivity contribution in [3.63, 3.8) is 0 Å². The summed E-state index contributed by atoms with van der Waals surface area (Å²) in [7, 11) is 0. The molecule has 2 rings (SSSR count). The van der Waals surface area contributed by atoms with E-state index >= 15 is 0 Å². The second-order valence-electron chi connectivity index (χ2n) is 5.45. The lowest BCUT2D eigenvalue weighted by Crippen LogP contribution is -2.64. The number of hydrogen-bond acceptors (Lipinski definition) is 2. The molecule has 19 heavy (non-hydrogen) atoms. The molecule has 104 valence electrons. The van der Waals surface area contributed by atoms with Gasteiger partial charge >= 0.3 is 0 Å². The molecule has 0 bridgehead atoms. The minimum Gasteiger partial charge on any atom is -0.342 e. The molecule has 0 aromatic carbocycles. The molecule has 1 saturated heterocycles. The second-order valence-corrected chi connectivity index (χ2v) is 5.45. The topological polar surface area (TPSA) is 49.4 Å². The molecule has 1 N–H and O–H groups in total. The van der Waals surface area contributed by atoms with Gasteiger partial charge in [-0.15, -0.1) is 5.92 Å². The van der Waals surface area contributed by atoms with Crippen molar-refractivity contribution in [2.75, 3.05) is 6.54 Å². The van der Waals surface area contributed by atoms with Crippen LogP contribution in [-0.4, -0.2) is 35.3 Å². The Bertz CT molecular complexity index is 416. The number of carbonyl (C=O) groups excluding carboxylic acids is 2. The van der Waals surface area contributed by atoms with Crippen LogP contribution in [0.1, 0.15) is 46.0 Å². The van der Waals surface area contributed by atoms with Crippen molar-refractivity contribution in [3.05, 3.63) is 0 Å². The first-order valence-electron chi connectivity index (χ1n) is 7.15.